The predicted octanol–water partition coefficient (Wildman–Crippen LogP) is 5.29. The van der Waals surface area contributed by atoms with Gasteiger partial charge in [-0.05, 0) is 73.2 Å². The van der Waals surface area contributed by atoms with Crippen LogP contribution in [0.2, 0.25) is 0 Å². The van der Waals surface area contributed by atoms with Gasteiger partial charge < -0.3 is 19.5 Å². The number of hydrogen-bond acceptors (Lipinski definition) is 3. The summed E-state index contributed by atoms with van der Waals surface area (Å²) in [5, 5.41) is 20.6. The van der Waals surface area contributed by atoms with Crippen LogP contribution < -0.4 is 0 Å². The molecule has 4 rings (SSSR count). The van der Waals surface area contributed by atoms with Gasteiger partial charge in [-0.1, -0.05) is 13.8 Å². The Kier molecular flexibility index (Phi) is 5.30. The molecule has 0 unspecified atom stereocenters. The van der Waals surface area contributed by atoms with Crippen LogP contribution in [0.5, 0.6) is 5.75 Å². The number of aliphatic carboxylic acids is 1. The van der Waals surface area contributed by atoms with Gasteiger partial charge in [-0.2, -0.15) is 0 Å². The quantitative estimate of drug-likeness (QED) is 0.563. The van der Waals surface area contributed by atoms with Crippen molar-refractivity contribution in [1.82, 2.24) is 4.57 Å². The molecule has 164 valence electrons. The minimum absolute atomic E-state index is 0.0688. The van der Waals surface area contributed by atoms with Crippen LogP contribution in [-0.4, -0.2) is 34.5 Å². The molecule has 1 aromatic heterocycles. The van der Waals surface area contributed by atoms with E-state index in [2.05, 4.69) is 18.4 Å². The van der Waals surface area contributed by atoms with Gasteiger partial charge in [0, 0.05) is 29.3 Å². The first-order valence-corrected chi connectivity index (χ1v) is 10.5. The minimum atomic E-state index is -0.769. The summed E-state index contributed by atoms with van der Waals surface area (Å²) in [5.74, 6) is -1.16. The highest BCUT2D eigenvalue weighted by atomic mass is 19.1. The number of halogens is 1. The molecule has 5 nitrogen and oxygen atoms in total. The van der Waals surface area contributed by atoms with Crippen molar-refractivity contribution >= 4 is 16.9 Å². The molecule has 3 aromatic rings. The number of phenolic OH excluding ortho intramolecular Hbond substituents is 1. The van der Waals surface area contributed by atoms with Crippen molar-refractivity contribution in [1.29, 1.82) is 0 Å². The first-order valence-electron chi connectivity index (χ1n) is 10.5. The third-order valence-electron chi connectivity index (χ3n) is 6.43. The largest absolute Gasteiger partial charge is 0.508 e. The topological polar surface area (TPSA) is 71.7 Å². The van der Waals surface area contributed by atoms with Gasteiger partial charge in [-0.3, -0.25) is 4.79 Å². The van der Waals surface area contributed by atoms with Crippen LogP contribution in [0.15, 0.2) is 36.4 Å². The summed E-state index contributed by atoms with van der Waals surface area (Å²) >= 11 is 0. The fourth-order valence-corrected chi connectivity index (χ4v) is 4.90. The summed E-state index contributed by atoms with van der Waals surface area (Å²) in [6.07, 6.45) is 1.12. The molecular weight excluding hydrogens is 397 g/mol. The Hall–Kier alpha value is -2.86. The summed E-state index contributed by atoms with van der Waals surface area (Å²) in [4.78, 5) is 11.5. The maximum absolute atomic E-state index is 14.0. The summed E-state index contributed by atoms with van der Waals surface area (Å²) in [6, 6.07) is 10.3. The molecule has 1 heterocycles. The number of aryl methyl sites for hydroxylation is 1. The molecule has 0 radical (unpaired) electrons. The molecule has 31 heavy (non-hydrogen) atoms. The zero-order valence-corrected chi connectivity index (χ0v) is 18.3. The monoisotopic (exact) mass is 425 g/mol. The predicted molar refractivity (Wildman–Crippen MR) is 118 cm³/mol. The normalized spacial score (nSPS) is 18.9. The Bertz CT molecular complexity index is 1160. The molecular formula is C25H28FNO4. The lowest BCUT2D eigenvalue weighted by atomic mass is 9.68. The lowest BCUT2D eigenvalue weighted by Gasteiger charge is -2.36. The van der Waals surface area contributed by atoms with Crippen molar-refractivity contribution in [3.05, 3.63) is 59.0 Å². The second-order valence-corrected chi connectivity index (χ2v) is 9.25. The number of carbonyl (C=O) groups is 1. The molecule has 2 aromatic carbocycles. The fraction of sp³-hybridized carbons (Fsp3) is 0.400. The Morgan fingerprint density at radius 2 is 1.94 bits per heavy atom. The van der Waals surface area contributed by atoms with Crippen molar-refractivity contribution in [2.45, 2.75) is 44.9 Å². The Labute approximate surface area is 181 Å². The maximum atomic E-state index is 14.0. The number of methoxy groups -OCH3 is 1. The van der Waals surface area contributed by atoms with Gasteiger partial charge >= 0.3 is 5.97 Å². The lowest BCUT2D eigenvalue weighted by molar-refractivity contribution is -0.145. The van der Waals surface area contributed by atoms with Gasteiger partial charge in [0.15, 0.2) is 0 Å². The van der Waals surface area contributed by atoms with Gasteiger partial charge in [-0.15, -0.1) is 0 Å². The summed E-state index contributed by atoms with van der Waals surface area (Å²) in [7, 11) is 1.66. The molecule has 1 aliphatic rings. The van der Waals surface area contributed by atoms with Gasteiger partial charge in [0.05, 0.1) is 18.0 Å². The zero-order valence-electron chi connectivity index (χ0n) is 18.3. The molecule has 0 spiro atoms. The smallest absolute Gasteiger partial charge is 0.306 e. The van der Waals surface area contributed by atoms with Crippen molar-refractivity contribution in [2.24, 2.45) is 5.92 Å². The number of aromatic nitrogens is 1. The average Bonchev–Trinajstić information content (AvgIpc) is 2.97. The first kappa shape index (κ1) is 21.4. The van der Waals surface area contributed by atoms with Gasteiger partial charge in [0.2, 0.25) is 0 Å². The molecule has 1 fully saturated rings. The number of rotatable bonds is 6. The third kappa shape index (κ3) is 3.59. The number of carboxylic acids is 1. The Morgan fingerprint density at radius 3 is 2.55 bits per heavy atom. The first-order chi connectivity index (χ1) is 14.6. The van der Waals surface area contributed by atoms with Crippen LogP contribution in [0.1, 0.15) is 49.4 Å². The molecule has 1 aliphatic carbocycles. The number of hydrogen-bond donors (Lipinski definition) is 2. The number of fused-ring (bicyclic) bond motifs is 1. The molecule has 0 amide bonds. The number of benzene rings is 2. The van der Waals surface area contributed by atoms with Crippen LogP contribution in [0.4, 0.5) is 4.39 Å². The van der Waals surface area contributed by atoms with E-state index < -0.39 is 11.4 Å². The molecule has 0 atom stereocenters. The number of carboxylic acid groups (broad SMARTS) is 1. The number of ether oxygens (including phenoxy) is 1. The summed E-state index contributed by atoms with van der Waals surface area (Å²) in [5.41, 5.74) is 3.92. The zero-order chi connectivity index (χ0) is 22.5. The standard InChI is InChI=1S/C25H28FNO4/c1-14-9-17(5-7-20(14)26)27-21-8-6-18(28)12-19(21)22(15-10-16(11-15)24(29)30)23(27)25(2,3)13-31-4/h5-9,12,15-16,28H,10-11,13H2,1-4H3,(H,29,30)/t15-,16-. The third-order valence-corrected chi connectivity index (χ3v) is 6.43. The van der Waals surface area contributed by atoms with Crippen molar-refractivity contribution in [2.75, 3.05) is 13.7 Å². The van der Waals surface area contributed by atoms with Crippen LogP contribution >= 0.6 is 0 Å². The highest BCUT2D eigenvalue weighted by Crippen LogP contribution is 2.50. The number of aromatic hydroxyl groups is 1. The van der Waals surface area contributed by atoms with Gasteiger partial charge in [0.25, 0.3) is 0 Å². The van der Waals surface area contributed by atoms with Crippen molar-refractivity contribution in [3.63, 3.8) is 0 Å². The number of nitrogens with zero attached hydrogens (tertiary/aromatic N) is 1. The van der Waals surface area contributed by atoms with Crippen molar-refractivity contribution in [3.8, 4) is 11.4 Å². The van der Waals surface area contributed by atoms with Crippen LogP contribution in [0.25, 0.3) is 16.6 Å². The van der Waals surface area contributed by atoms with E-state index in [0.29, 0.717) is 25.0 Å². The van der Waals surface area contributed by atoms with Crippen LogP contribution in [0, 0.1) is 18.7 Å². The van der Waals surface area contributed by atoms with E-state index in [1.54, 1.807) is 32.2 Å². The molecule has 1 saturated carbocycles. The van der Waals surface area contributed by atoms with E-state index in [4.69, 9.17) is 4.74 Å². The van der Waals surface area contributed by atoms with Gasteiger partial charge in [-0.25, -0.2) is 4.39 Å². The highest BCUT2D eigenvalue weighted by molar-refractivity contribution is 5.90. The Morgan fingerprint density at radius 1 is 1.23 bits per heavy atom. The fourth-order valence-electron chi connectivity index (χ4n) is 4.90. The highest BCUT2D eigenvalue weighted by Gasteiger charge is 2.41. The minimum Gasteiger partial charge on any atom is -0.508 e. The lowest BCUT2D eigenvalue weighted by Crippen LogP contribution is -2.33. The van der Waals surface area contributed by atoms with E-state index in [9.17, 15) is 19.4 Å². The molecule has 0 aliphatic heterocycles. The second-order valence-electron chi connectivity index (χ2n) is 9.25. The van der Waals surface area contributed by atoms with E-state index in [-0.39, 0.29) is 23.4 Å². The van der Waals surface area contributed by atoms with Crippen LogP contribution in [-0.2, 0) is 14.9 Å². The molecule has 2 N–H and O–H groups in total. The van der Waals surface area contributed by atoms with E-state index in [0.717, 1.165) is 27.8 Å². The Balaban J connectivity index is 2.03. The summed E-state index contributed by atoms with van der Waals surface area (Å²) in [6.45, 7) is 6.38. The van der Waals surface area contributed by atoms with Crippen LogP contribution in [0.3, 0.4) is 0 Å². The second kappa shape index (κ2) is 7.68. The number of phenols is 1. The van der Waals surface area contributed by atoms with Crippen molar-refractivity contribution < 1.29 is 24.1 Å². The molecule has 0 bridgehead atoms. The molecule has 6 heteroatoms. The van der Waals surface area contributed by atoms with E-state index in [1.807, 2.05) is 12.1 Å². The SMILES string of the molecule is COCC(C)(C)c1c([C@H]2C[C@H](C(=O)O)C2)c2cc(O)ccc2n1-c1ccc(F)c(C)c1. The average molecular weight is 426 g/mol. The van der Waals surface area contributed by atoms with E-state index >= 15 is 0 Å². The van der Waals surface area contributed by atoms with E-state index in [1.165, 1.54) is 6.07 Å². The summed E-state index contributed by atoms with van der Waals surface area (Å²) < 4.78 is 21.7. The van der Waals surface area contributed by atoms with Gasteiger partial charge in [0.1, 0.15) is 11.6 Å². The maximum Gasteiger partial charge on any atom is 0.306 e. The molecule has 0 saturated heterocycles.